The zero-order valence-electron chi connectivity index (χ0n) is 43.9. The predicted octanol–water partition coefficient (Wildman–Crippen LogP) is 8.56. The van der Waals surface area contributed by atoms with Crippen LogP contribution in [0.15, 0.2) is 137 Å². The van der Waals surface area contributed by atoms with Gasteiger partial charge in [0, 0.05) is 12.6 Å². The van der Waals surface area contributed by atoms with Crippen LogP contribution in [0.25, 0.3) is 0 Å². The van der Waals surface area contributed by atoms with Gasteiger partial charge in [-0.25, -0.2) is 24.0 Å². The van der Waals surface area contributed by atoms with E-state index in [1.54, 1.807) is 84.9 Å². The Hall–Kier alpha value is -6.37. The van der Waals surface area contributed by atoms with E-state index in [9.17, 15) is 28.8 Å². The summed E-state index contributed by atoms with van der Waals surface area (Å²) in [7, 11) is -5.97. The van der Waals surface area contributed by atoms with E-state index in [2.05, 4.69) is 60.4 Å². The minimum absolute atomic E-state index is 0.0405. The second-order valence-electron chi connectivity index (χ2n) is 20.3. The van der Waals surface area contributed by atoms with Crippen LogP contribution in [-0.4, -0.2) is 107 Å². The van der Waals surface area contributed by atoms with E-state index in [1.807, 2.05) is 0 Å². The molecule has 76 heavy (non-hydrogen) atoms. The van der Waals surface area contributed by atoms with Gasteiger partial charge in [0.25, 0.3) is 5.56 Å². The van der Waals surface area contributed by atoms with Crippen LogP contribution in [0.1, 0.15) is 115 Å². The molecular formula is C56H66N2O16Si2. The molecule has 0 bridgehead atoms. The number of benzene rings is 4. The van der Waals surface area contributed by atoms with Crippen molar-refractivity contribution in [3.05, 3.63) is 176 Å². The average Bonchev–Trinajstić information content (AvgIpc) is 3.81. The Morgan fingerprint density at radius 1 is 0.592 bits per heavy atom. The molecule has 8 rings (SSSR count). The second kappa shape index (κ2) is 24.3. The number of esters is 4. The summed E-state index contributed by atoms with van der Waals surface area (Å²) >= 11 is 0. The summed E-state index contributed by atoms with van der Waals surface area (Å²) in [4.78, 5) is 85.7. The summed E-state index contributed by atoms with van der Waals surface area (Å²) in [6, 6.07) is 32.0. The molecular weight excluding hydrogens is 1010 g/mol. The Kier molecular flexibility index (Phi) is 17.9. The standard InChI is InChI=1S/C56H66N2O16Si2/c1-34(2)75(35(3)4)67-33-44-43(73-76(74-75,36(5)6)37(7)8)29-46(68-44)58-30-42(50(59)57-56(58)64)31-66-55-49(72-54(63)41-27-19-12-20-28-41)48(71-53(62)40-25-17-11-18-26-40)47(70-52(61)39-23-15-10-16-24-39)45(69-55)32-65-51(60)38-21-13-9-14-22-38/h9-28,30,34-37,43-49,55H,29,31-33H2,1-8H3,(H,57,59,64)/t43-,44+,45+,46+,47+,48-,49+,55+/m0/s1. The molecule has 0 saturated carbocycles. The van der Waals surface area contributed by atoms with E-state index in [0.717, 1.165) is 0 Å². The minimum Gasteiger partial charge on any atom is -0.459 e. The van der Waals surface area contributed by atoms with E-state index in [-0.39, 0.29) is 63.0 Å². The van der Waals surface area contributed by atoms with Crippen LogP contribution in [0.5, 0.6) is 0 Å². The highest BCUT2D eigenvalue weighted by Gasteiger charge is 2.60. The lowest BCUT2D eigenvalue weighted by Crippen LogP contribution is -2.65. The van der Waals surface area contributed by atoms with Gasteiger partial charge in [-0.2, -0.15) is 0 Å². The SMILES string of the molecule is CC(C)[Si]1(C(C)C)OC[C@H]2O[C@@H](n3cc(CO[C@@H]4O[C@H](COC(=O)c5ccccc5)[C@@H](OC(=O)c5ccccc5)[C@H](OC(=O)c5ccccc5)[C@H]4OC(=O)c4ccccc4)c(=O)[nH]c3=O)C[C@@H]2O[Si](C(C)C)(C(C)C)O1. The average molecular weight is 1080 g/mol. The van der Waals surface area contributed by atoms with E-state index >= 15 is 0 Å². The van der Waals surface area contributed by atoms with Gasteiger partial charge in [0.2, 0.25) is 0 Å². The largest absolute Gasteiger partial charge is 0.459 e. The molecule has 4 heterocycles. The molecule has 3 saturated heterocycles. The summed E-state index contributed by atoms with van der Waals surface area (Å²) in [5.74, 6) is -3.43. The first-order chi connectivity index (χ1) is 36.4. The second-order valence-corrected chi connectivity index (χ2v) is 29.2. The van der Waals surface area contributed by atoms with Gasteiger partial charge < -0.3 is 46.1 Å². The number of nitrogens with zero attached hydrogens (tertiary/aromatic N) is 1. The summed E-state index contributed by atoms with van der Waals surface area (Å²) in [5, 5.41) is 0. The topological polar surface area (TPSA) is 215 Å². The minimum atomic E-state index is -3.05. The van der Waals surface area contributed by atoms with Gasteiger partial charge >= 0.3 is 46.7 Å². The molecule has 1 aromatic heterocycles. The van der Waals surface area contributed by atoms with Crippen molar-refractivity contribution in [3.63, 3.8) is 0 Å². The van der Waals surface area contributed by atoms with Crippen molar-refractivity contribution in [1.29, 1.82) is 0 Å². The normalized spacial score (nSPS) is 24.1. The number of ether oxygens (including phenoxy) is 7. The smallest absolute Gasteiger partial charge is 0.338 e. The Bertz CT molecular complexity index is 2890. The molecule has 404 valence electrons. The third-order valence-corrected chi connectivity index (χ3v) is 24.3. The molecule has 0 spiro atoms. The van der Waals surface area contributed by atoms with Gasteiger partial charge in [-0.3, -0.25) is 14.3 Å². The van der Waals surface area contributed by atoms with E-state index in [1.165, 1.54) is 47.2 Å². The first-order valence-corrected chi connectivity index (χ1v) is 29.6. The summed E-state index contributed by atoms with van der Waals surface area (Å²) in [6.45, 7) is 15.9. The van der Waals surface area contributed by atoms with Gasteiger partial charge in [-0.05, 0) is 70.7 Å². The molecule has 3 aliphatic rings. The number of rotatable bonds is 17. The summed E-state index contributed by atoms with van der Waals surface area (Å²) in [5.41, 5.74) is -0.860. The predicted molar refractivity (Wildman–Crippen MR) is 281 cm³/mol. The van der Waals surface area contributed by atoms with Crippen molar-refractivity contribution in [3.8, 4) is 0 Å². The Morgan fingerprint density at radius 2 is 1.05 bits per heavy atom. The third-order valence-electron chi connectivity index (χ3n) is 14.0. The van der Waals surface area contributed by atoms with Crippen molar-refractivity contribution in [1.82, 2.24) is 9.55 Å². The third kappa shape index (κ3) is 12.2. The fourth-order valence-electron chi connectivity index (χ4n) is 9.98. The highest BCUT2D eigenvalue weighted by molar-refractivity contribution is 6.84. The van der Waals surface area contributed by atoms with Crippen LogP contribution in [0, 0.1) is 0 Å². The van der Waals surface area contributed by atoms with Crippen LogP contribution in [0.3, 0.4) is 0 Å². The van der Waals surface area contributed by atoms with Gasteiger partial charge in [0.15, 0.2) is 24.6 Å². The molecule has 3 aliphatic heterocycles. The van der Waals surface area contributed by atoms with Gasteiger partial charge in [0.1, 0.15) is 25.0 Å². The lowest BCUT2D eigenvalue weighted by molar-refractivity contribution is -0.301. The fourth-order valence-corrected chi connectivity index (χ4v) is 21.2. The molecule has 1 N–H and O–H groups in total. The maximum Gasteiger partial charge on any atom is 0.338 e. The monoisotopic (exact) mass is 1080 g/mol. The fraction of sp³-hybridized carbons (Fsp3) is 0.429. The molecule has 3 fully saturated rings. The van der Waals surface area contributed by atoms with E-state index in [0.29, 0.717) is 0 Å². The van der Waals surface area contributed by atoms with Crippen molar-refractivity contribution in [2.75, 3.05) is 13.2 Å². The quantitative estimate of drug-likeness (QED) is 0.0524. The maximum atomic E-state index is 14.1. The van der Waals surface area contributed by atoms with Gasteiger partial charge in [0.05, 0.1) is 47.1 Å². The Balaban J connectivity index is 1.15. The van der Waals surface area contributed by atoms with Crippen LogP contribution in [-0.2, 0) is 52.7 Å². The molecule has 4 aromatic carbocycles. The molecule has 5 aromatic rings. The number of hydrogen-bond donors (Lipinski definition) is 1. The lowest BCUT2D eigenvalue weighted by atomic mass is 9.97. The molecule has 0 aliphatic carbocycles. The zero-order valence-corrected chi connectivity index (χ0v) is 45.9. The molecule has 0 amide bonds. The van der Waals surface area contributed by atoms with E-state index < -0.39 is 115 Å². The van der Waals surface area contributed by atoms with Gasteiger partial charge in [-0.1, -0.05) is 128 Å². The number of hydrogen-bond acceptors (Lipinski definition) is 16. The van der Waals surface area contributed by atoms with Gasteiger partial charge in [-0.15, -0.1) is 0 Å². The molecule has 20 heteroatoms. The Labute approximate surface area is 443 Å². The Morgan fingerprint density at radius 3 is 1.54 bits per heavy atom. The maximum absolute atomic E-state index is 14.1. The number of aromatic nitrogens is 2. The summed E-state index contributed by atoms with van der Waals surface area (Å²) in [6.07, 6.45) is -8.74. The first kappa shape index (κ1) is 55.9. The number of carbonyl (C=O) groups excluding carboxylic acids is 4. The number of nitrogens with one attached hydrogen (secondary N) is 1. The van der Waals surface area contributed by atoms with Crippen molar-refractivity contribution in [2.45, 2.75) is 140 Å². The van der Waals surface area contributed by atoms with Crippen LogP contribution >= 0.6 is 0 Å². The van der Waals surface area contributed by atoms with Crippen molar-refractivity contribution in [2.24, 2.45) is 0 Å². The van der Waals surface area contributed by atoms with Crippen molar-refractivity contribution >= 4 is 41.0 Å². The molecule has 18 nitrogen and oxygen atoms in total. The zero-order chi connectivity index (χ0) is 54.3. The van der Waals surface area contributed by atoms with Crippen molar-refractivity contribution < 1.29 is 65.3 Å². The number of aromatic amines is 1. The number of carbonyl (C=O) groups is 4. The highest BCUT2D eigenvalue weighted by Crippen LogP contribution is 2.48. The van der Waals surface area contributed by atoms with E-state index in [4.69, 9.17) is 46.1 Å². The highest BCUT2D eigenvalue weighted by atomic mass is 28.5. The van der Waals surface area contributed by atoms with Crippen LogP contribution < -0.4 is 11.2 Å². The molecule has 8 atom stereocenters. The van der Waals surface area contributed by atoms with Crippen LogP contribution in [0.4, 0.5) is 0 Å². The molecule has 0 unspecified atom stereocenters. The summed E-state index contributed by atoms with van der Waals surface area (Å²) < 4.78 is 66.5. The molecule has 0 radical (unpaired) electrons. The first-order valence-electron chi connectivity index (χ1n) is 25.7. The number of H-pyrrole nitrogens is 1. The van der Waals surface area contributed by atoms with Crippen LogP contribution in [0.2, 0.25) is 22.2 Å². The number of fused-ring (bicyclic) bond motifs is 1. The lowest BCUT2D eigenvalue weighted by Gasteiger charge is -2.51.